The van der Waals surface area contributed by atoms with Crippen LogP contribution >= 0.6 is 0 Å². The molecule has 4 aliphatic rings. The molecule has 140 valence electrons. The van der Waals surface area contributed by atoms with Gasteiger partial charge in [0.15, 0.2) is 0 Å². The van der Waals surface area contributed by atoms with Crippen LogP contribution in [-0.2, 0) is 9.59 Å². The summed E-state index contributed by atoms with van der Waals surface area (Å²) in [4.78, 5) is 25.1. The highest BCUT2D eigenvalue weighted by molar-refractivity contribution is 5.95. The minimum atomic E-state index is -0.200. The molecule has 4 bridgehead atoms. The predicted molar refractivity (Wildman–Crippen MR) is 99.9 cm³/mol. The van der Waals surface area contributed by atoms with Crippen LogP contribution in [0.25, 0.3) is 0 Å². The van der Waals surface area contributed by atoms with Crippen molar-refractivity contribution in [2.45, 2.75) is 45.4 Å². The Morgan fingerprint density at radius 2 is 1.62 bits per heavy atom. The zero-order valence-corrected chi connectivity index (χ0v) is 15.4. The Balaban J connectivity index is 1.29. The van der Waals surface area contributed by atoms with Crippen LogP contribution in [0.1, 0.15) is 45.4 Å². The molecule has 0 radical (unpaired) electrons. The summed E-state index contributed by atoms with van der Waals surface area (Å²) in [5, 5.41) is 5.75. The van der Waals surface area contributed by atoms with Crippen molar-refractivity contribution in [3.63, 3.8) is 0 Å². The second-order valence-electron chi connectivity index (χ2n) is 8.39. The average molecular weight is 356 g/mol. The van der Waals surface area contributed by atoms with Crippen LogP contribution in [-0.4, -0.2) is 25.0 Å². The van der Waals surface area contributed by atoms with Crippen molar-refractivity contribution >= 4 is 17.5 Å². The van der Waals surface area contributed by atoms with E-state index in [0.717, 1.165) is 42.8 Å². The van der Waals surface area contributed by atoms with Crippen molar-refractivity contribution in [3.8, 4) is 5.75 Å². The molecule has 4 aliphatic carbocycles. The van der Waals surface area contributed by atoms with Crippen molar-refractivity contribution in [3.05, 3.63) is 24.3 Å². The van der Waals surface area contributed by atoms with Crippen LogP contribution in [0.3, 0.4) is 0 Å². The van der Waals surface area contributed by atoms with Crippen LogP contribution in [0.4, 0.5) is 5.69 Å². The smallest absolute Gasteiger partial charge is 0.243 e. The van der Waals surface area contributed by atoms with E-state index in [-0.39, 0.29) is 23.8 Å². The van der Waals surface area contributed by atoms with Crippen LogP contribution in [0, 0.1) is 23.2 Å². The Morgan fingerprint density at radius 1 is 1.04 bits per heavy atom. The zero-order chi connectivity index (χ0) is 18.1. The number of ether oxygens (including phenoxy) is 1. The Hall–Kier alpha value is -2.04. The molecule has 0 aromatic heterocycles. The standard InChI is InChI=1S/C21H28N2O3/c1-2-26-18-5-3-17(4-6-18)23-19(24)13-22-20(25)21-10-14-7-15(11-21)9-16(8-14)12-21/h3-6,14-16H,2,7-13H2,1H3,(H,22,25)(H,23,24). The number of nitrogens with one attached hydrogen (secondary N) is 2. The molecule has 2 amide bonds. The van der Waals surface area contributed by atoms with Gasteiger partial charge in [0.2, 0.25) is 11.8 Å². The summed E-state index contributed by atoms with van der Waals surface area (Å²) in [6.45, 7) is 2.58. The fourth-order valence-electron chi connectivity index (χ4n) is 5.74. The molecule has 0 unspecified atom stereocenters. The predicted octanol–water partition coefficient (Wildman–Crippen LogP) is 3.36. The number of amides is 2. The van der Waals surface area contributed by atoms with Gasteiger partial charge in [-0.1, -0.05) is 0 Å². The number of carbonyl (C=O) groups is 2. The first-order valence-electron chi connectivity index (χ1n) is 9.87. The van der Waals surface area contributed by atoms with E-state index in [0.29, 0.717) is 12.3 Å². The fourth-order valence-corrected chi connectivity index (χ4v) is 5.74. The largest absolute Gasteiger partial charge is 0.494 e. The van der Waals surface area contributed by atoms with Crippen LogP contribution in [0.5, 0.6) is 5.75 Å². The van der Waals surface area contributed by atoms with E-state index >= 15 is 0 Å². The monoisotopic (exact) mass is 356 g/mol. The Kier molecular flexibility index (Phi) is 4.63. The SMILES string of the molecule is CCOc1ccc(NC(=O)CNC(=O)C23CC4CC(CC(C4)C2)C3)cc1. The molecule has 4 fully saturated rings. The van der Waals surface area contributed by atoms with Crippen molar-refractivity contribution in [2.75, 3.05) is 18.5 Å². The van der Waals surface area contributed by atoms with E-state index in [1.54, 1.807) is 0 Å². The zero-order valence-electron chi connectivity index (χ0n) is 15.4. The van der Waals surface area contributed by atoms with E-state index in [1.165, 1.54) is 19.3 Å². The lowest BCUT2D eigenvalue weighted by Gasteiger charge is -2.55. The third kappa shape index (κ3) is 3.44. The lowest BCUT2D eigenvalue weighted by atomic mass is 9.49. The van der Waals surface area contributed by atoms with Gasteiger partial charge >= 0.3 is 0 Å². The Morgan fingerprint density at radius 3 is 2.15 bits per heavy atom. The van der Waals surface area contributed by atoms with E-state index in [4.69, 9.17) is 4.74 Å². The van der Waals surface area contributed by atoms with Crippen molar-refractivity contribution in [1.29, 1.82) is 0 Å². The summed E-state index contributed by atoms with van der Waals surface area (Å²) in [5.41, 5.74) is 0.510. The molecular weight excluding hydrogens is 328 g/mol. The first-order valence-corrected chi connectivity index (χ1v) is 9.87. The van der Waals surface area contributed by atoms with Gasteiger partial charge in [-0.25, -0.2) is 0 Å². The second-order valence-corrected chi connectivity index (χ2v) is 8.39. The summed E-state index contributed by atoms with van der Waals surface area (Å²) in [5.74, 6) is 2.87. The number of rotatable bonds is 6. The normalized spacial score (nSPS) is 31.5. The molecule has 5 heteroatoms. The minimum Gasteiger partial charge on any atom is -0.494 e. The first-order chi connectivity index (χ1) is 12.6. The average Bonchev–Trinajstić information content (AvgIpc) is 2.60. The molecule has 0 saturated heterocycles. The van der Waals surface area contributed by atoms with Crippen LogP contribution in [0.15, 0.2) is 24.3 Å². The molecule has 1 aromatic rings. The molecule has 2 N–H and O–H groups in total. The van der Waals surface area contributed by atoms with Crippen LogP contribution in [0.2, 0.25) is 0 Å². The van der Waals surface area contributed by atoms with Gasteiger partial charge in [0.05, 0.1) is 13.2 Å². The maximum Gasteiger partial charge on any atom is 0.243 e. The van der Waals surface area contributed by atoms with Crippen molar-refractivity contribution in [1.82, 2.24) is 5.32 Å². The Bertz CT molecular complexity index is 648. The summed E-state index contributed by atoms with van der Waals surface area (Å²) >= 11 is 0. The van der Waals surface area contributed by atoms with E-state index in [2.05, 4.69) is 10.6 Å². The number of anilines is 1. The topological polar surface area (TPSA) is 67.4 Å². The molecule has 0 aliphatic heterocycles. The van der Waals surface area contributed by atoms with Gasteiger partial charge < -0.3 is 15.4 Å². The van der Waals surface area contributed by atoms with Gasteiger partial charge in [0.25, 0.3) is 0 Å². The summed E-state index contributed by atoms with van der Waals surface area (Å²) in [6.07, 6.45) is 6.99. The summed E-state index contributed by atoms with van der Waals surface area (Å²) in [7, 11) is 0. The lowest BCUT2D eigenvalue weighted by Crippen LogP contribution is -2.54. The third-order valence-corrected chi connectivity index (χ3v) is 6.38. The van der Waals surface area contributed by atoms with E-state index < -0.39 is 0 Å². The van der Waals surface area contributed by atoms with E-state index in [9.17, 15) is 9.59 Å². The number of hydrogen-bond donors (Lipinski definition) is 2. The maximum atomic E-state index is 12.9. The van der Waals surface area contributed by atoms with Gasteiger partial charge in [-0.05, 0) is 87.5 Å². The fraction of sp³-hybridized carbons (Fsp3) is 0.619. The van der Waals surface area contributed by atoms with Gasteiger partial charge in [-0.2, -0.15) is 0 Å². The highest BCUT2D eigenvalue weighted by atomic mass is 16.5. The minimum absolute atomic E-state index is 0.0355. The summed E-state index contributed by atoms with van der Waals surface area (Å²) in [6, 6.07) is 7.27. The molecule has 0 heterocycles. The molecule has 0 atom stereocenters. The maximum absolute atomic E-state index is 12.9. The third-order valence-electron chi connectivity index (χ3n) is 6.38. The van der Waals surface area contributed by atoms with Gasteiger partial charge in [-0.15, -0.1) is 0 Å². The van der Waals surface area contributed by atoms with Crippen molar-refractivity contribution < 1.29 is 14.3 Å². The van der Waals surface area contributed by atoms with Crippen molar-refractivity contribution in [2.24, 2.45) is 23.2 Å². The van der Waals surface area contributed by atoms with Gasteiger partial charge in [0, 0.05) is 11.1 Å². The lowest BCUT2D eigenvalue weighted by molar-refractivity contribution is -0.146. The molecule has 5 rings (SSSR count). The molecule has 26 heavy (non-hydrogen) atoms. The second kappa shape index (κ2) is 6.93. The molecule has 5 nitrogen and oxygen atoms in total. The molecular formula is C21H28N2O3. The van der Waals surface area contributed by atoms with Gasteiger partial charge in [0.1, 0.15) is 5.75 Å². The van der Waals surface area contributed by atoms with Gasteiger partial charge in [-0.3, -0.25) is 9.59 Å². The highest BCUT2D eigenvalue weighted by Crippen LogP contribution is 2.60. The molecule has 4 saturated carbocycles. The number of hydrogen-bond acceptors (Lipinski definition) is 3. The Labute approximate surface area is 154 Å². The number of benzene rings is 1. The quantitative estimate of drug-likeness (QED) is 0.821. The summed E-state index contributed by atoms with van der Waals surface area (Å²) < 4.78 is 5.39. The first kappa shape index (κ1) is 17.4. The molecule has 1 aromatic carbocycles. The van der Waals surface area contributed by atoms with Crippen LogP contribution < -0.4 is 15.4 Å². The van der Waals surface area contributed by atoms with E-state index in [1.807, 2.05) is 31.2 Å². The number of carbonyl (C=O) groups excluding carboxylic acids is 2. The highest BCUT2D eigenvalue weighted by Gasteiger charge is 2.54. The molecule has 0 spiro atoms.